The highest BCUT2D eigenvalue weighted by atomic mass is 79.9. The average molecular weight is 337 g/mol. The van der Waals surface area contributed by atoms with Crippen LogP contribution in [0.3, 0.4) is 0 Å². The molecule has 1 aromatic rings. The van der Waals surface area contributed by atoms with Crippen LogP contribution in [0.15, 0.2) is 16.7 Å². The molecule has 1 unspecified atom stereocenters. The molecule has 1 aromatic heterocycles. The Morgan fingerprint density at radius 1 is 1.71 bits per heavy atom. The number of hydrogen-bond acceptors (Lipinski definition) is 4. The number of aromatic nitrogens is 1. The number of thioether (sulfide) groups is 1. The van der Waals surface area contributed by atoms with Crippen LogP contribution in [0.4, 0.5) is 10.5 Å². The number of amides is 2. The Morgan fingerprint density at radius 3 is 3.06 bits per heavy atom. The van der Waals surface area contributed by atoms with Gasteiger partial charge in [0.15, 0.2) is 0 Å². The molecule has 0 bridgehead atoms. The number of anilines is 1. The van der Waals surface area contributed by atoms with Crippen molar-refractivity contribution in [2.24, 2.45) is 0 Å². The summed E-state index contributed by atoms with van der Waals surface area (Å²) in [6.45, 7) is 0. The average Bonchev–Trinajstić information content (AvgIpc) is 2.70. The van der Waals surface area contributed by atoms with Gasteiger partial charge in [0.05, 0.1) is 16.4 Å². The van der Waals surface area contributed by atoms with Gasteiger partial charge in [-0.15, -0.1) is 0 Å². The van der Waals surface area contributed by atoms with E-state index in [1.54, 1.807) is 6.07 Å². The molecule has 0 aliphatic carbocycles. The lowest BCUT2D eigenvalue weighted by atomic mass is 10.3. The van der Waals surface area contributed by atoms with E-state index in [4.69, 9.17) is 11.6 Å². The summed E-state index contributed by atoms with van der Waals surface area (Å²) >= 11 is 10.0. The summed E-state index contributed by atoms with van der Waals surface area (Å²) in [7, 11) is 0. The van der Waals surface area contributed by atoms with Gasteiger partial charge >= 0.3 is 0 Å². The van der Waals surface area contributed by atoms with Gasteiger partial charge in [-0.25, -0.2) is 4.98 Å². The van der Waals surface area contributed by atoms with Crippen LogP contribution in [0.25, 0.3) is 0 Å². The van der Waals surface area contributed by atoms with Crippen LogP contribution in [-0.2, 0) is 4.79 Å². The summed E-state index contributed by atoms with van der Waals surface area (Å²) in [6, 6.07) is 1.15. The molecule has 1 atom stereocenters. The van der Waals surface area contributed by atoms with E-state index in [1.807, 2.05) is 0 Å². The SMILES string of the molecule is O=C1NC(C(=O)Nc2cnc(Cl)c(Br)c2)CS1. The number of hydrogen-bond donors (Lipinski definition) is 2. The van der Waals surface area contributed by atoms with E-state index in [1.165, 1.54) is 6.20 Å². The summed E-state index contributed by atoms with van der Waals surface area (Å²) < 4.78 is 0.599. The fraction of sp³-hybridized carbons (Fsp3) is 0.222. The second-order valence-corrected chi connectivity index (χ2v) is 5.49. The molecule has 1 aliphatic heterocycles. The van der Waals surface area contributed by atoms with Crippen molar-refractivity contribution in [2.75, 3.05) is 11.1 Å². The van der Waals surface area contributed by atoms with Crippen molar-refractivity contribution in [3.05, 3.63) is 21.9 Å². The molecule has 0 aromatic carbocycles. The Bertz CT molecular complexity index is 485. The summed E-state index contributed by atoms with van der Waals surface area (Å²) in [4.78, 5) is 26.6. The quantitative estimate of drug-likeness (QED) is 0.813. The second-order valence-electron chi connectivity index (χ2n) is 3.28. The molecule has 2 N–H and O–H groups in total. The van der Waals surface area contributed by atoms with Crippen LogP contribution < -0.4 is 10.6 Å². The van der Waals surface area contributed by atoms with Crippen LogP contribution in [0.2, 0.25) is 5.15 Å². The maximum absolute atomic E-state index is 11.7. The fourth-order valence-corrected chi connectivity index (χ4v) is 2.48. The van der Waals surface area contributed by atoms with Crippen molar-refractivity contribution < 1.29 is 9.59 Å². The summed E-state index contributed by atoms with van der Waals surface area (Å²) in [5, 5.41) is 5.35. The highest BCUT2D eigenvalue weighted by Crippen LogP contribution is 2.23. The van der Waals surface area contributed by atoms with Crippen molar-refractivity contribution in [3.8, 4) is 0 Å². The number of nitrogens with zero attached hydrogens (tertiary/aromatic N) is 1. The molecular weight excluding hydrogens is 330 g/mol. The molecular formula is C9H7BrClN3O2S. The van der Waals surface area contributed by atoms with Crippen LogP contribution in [-0.4, -0.2) is 27.9 Å². The number of halogens is 2. The molecule has 0 radical (unpaired) electrons. The number of rotatable bonds is 2. The van der Waals surface area contributed by atoms with Crippen molar-refractivity contribution in [1.82, 2.24) is 10.3 Å². The zero-order chi connectivity index (χ0) is 12.4. The second kappa shape index (κ2) is 5.24. The van der Waals surface area contributed by atoms with E-state index in [9.17, 15) is 9.59 Å². The van der Waals surface area contributed by atoms with Gasteiger partial charge in [0, 0.05) is 5.75 Å². The summed E-state index contributed by atoms with van der Waals surface area (Å²) in [5.74, 6) is 0.173. The van der Waals surface area contributed by atoms with Crippen molar-refractivity contribution >= 4 is 56.1 Å². The molecule has 90 valence electrons. The third-order valence-corrected chi connectivity index (χ3v) is 4.07. The monoisotopic (exact) mass is 335 g/mol. The first-order valence-corrected chi connectivity index (χ1v) is 6.77. The van der Waals surface area contributed by atoms with Gasteiger partial charge in [0.2, 0.25) is 5.91 Å². The molecule has 5 nitrogen and oxygen atoms in total. The summed E-state index contributed by atoms with van der Waals surface area (Å²) in [5.41, 5.74) is 0.525. The van der Waals surface area contributed by atoms with Crippen LogP contribution in [0.1, 0.15) is 0 Å². The van der Waals surface area contributed by atoms with Gasteiger partial charge < -0.3 is 10.6 Å². The number of nitrogens with one attached hydrogen (secondary N) is 2. The maximum atomic E-state index is 11.7. The molecule has 2 heterocycles. The molecule has 1 aliphatic rings. The van der Waals surface area contributed by atoms with Gasteiger partial charge in [-0.1, -0.05) is 23.4 Å². The minimum Gasteiger partial charge on any atom is -0.334 e. The third kappa shape index (κ3) is 3.11. The normalized spacial score (nSPS) is 18.9. The molecule has 2 amide bonds. The van der Waals surface area contributed by atoms with E-state index < -0.39 is 6.04 Å². The lowest BCUT2D eigenvalue weighted by Gasteiger charge is -2.10. The largest absolute Gasteiger partial charge is 0.334 e. The highest BCUT2D eigenvalue weighted by Gasteiger charge is 2.28. The third-order valence-electron chi connectivity index (χ3n) is 2.05. The predicted molar refractivity (Wildman–Crippen MR) is 70.4 cm³/mol. The first-order valence-electron chi connectivity index (χ1n) is 4.61. The zero-order valence-electron chi connectivity index (χ0n) is 8.37. The smallest absolute Gasteiger partial charge is 0.279 e. The Hall–Kier alpha value is -0.790. The Balaban J connectivity index is 2.03. The fourth-order valence-electron chi connectivity index (χ4n) is 1.24. The number of pyridine rings is 1. The summed E-state index contributed by atoms with van der Waals surface area (Å²) in [6.07, 6.45) is 1.45. The maximum Gasteiger partial charge on any atom is 0.279 e. The molecule has 8 heteroatoms. The van der Waals surface area contributed by atoms with Crippen molar-refractivity contribution in [2.45, 2.75) is 6.04 Å². The van der Waals surface area contributed by atoms with Gasteiger partial charge in [-0.3, -0.25) is 9.59 Å². The molecule has 0 saturated carbocycles. The highest BCUT2D eigenvalue weighted by molar-refractivity contribution is 9.10. The lowest BCUT2D eigenvalue weighted by molar-refractivity contribution is -0.117. The van der Waals surface area contributed by atoms with E-state index in [-0.39, 0.29) is 11.1 Å². The minimum atomic E-state index is -0.498. The standard InChI is InChI=1S/C9H7BrClN3O2S/c10-5-1-4(2-12-7(5)11)13-8(15)6-3-17-9(16)14-6/h1-2,6H,3H2,(H,13,15)(H,14,16). The number of carbonyl (C=O) groups excluding carboxylic acids is 2. The van der Waals surface area contributed by atoms with Crippen molar-refractivity contribution in [3.63, 3.8) is 0 Å². The van der Waals surface area contributed by atoms with Gasteiger partial charge in [0.1, 0.15) is 11.2 Å². The Morgan fingerprint density at radius 2 is 2.47 bits per heavy atom. The van der Waals surface area contributed by atoms with Crippen molar-refractivity contribution in [1.29, 1.82) is 0 Å². The molecule has 17 heavy (non-hydrogen) atoms. The first kappa shape index (κ1) is 12.7. The van der Waals surface area contributed by atoms with Crippen LogP contribution in [0.5, 0.6) is 0 Å². The molecule has 1 fully saturated rings. The Kier molecular flexibility index (Phi) is 3.90. The molecule has 1 saturated heterocycles. The van der Waals surface area contributed by atoms with Crippen LogP contribution >= 0.6 is 39.3 Å². The Labute approximate surface area is 115 Å². The van der Waals surface area contributed by atoms with E-state index in [2.05, 4.69) is 31.5 Å². The zero-order valence-corrected chi connectivity index (χ0v) is 11.5. The van der Waals surface area contributed by atoms with Gasteiger partial charge in [-0.2, -0.15) is 0 Å². The molecule has 2 rings (SSSR count). The predicted octanol–water partition coefficient (Wildman–Crippen LogP) is 2.26. The van der Waals surface area contributed by atoms with E-state index in [0.717, 1.165) is 11.8 Å². The topological polar surface area (TPSA) is 71.1 Å². The van der Waals surface area contributed by atoms with Gasteiger partial charge in [0.25, 0.3) is 5.24 Å². The van der Waals surface area contributed by atoms with Crippen LogP contribution in [0, 0.1) is 0 Å². The first-order chi connectivity index (χ1) is 8.06. The van der Waals surface area contributed by atoms with Gasteiger partial charge in [-0.05, 0) is 22.0 Å². The molecule has 0 spiro atoms. The van der Waals surface area contributed by atoms with E-state index in [0.29, 0.717) is 21.1 Å². The lowest BCUT2D eigenvalue weighted by Crippen LogP contribution is -2.38. The van der Waals surface area contributed by atoms with E-state index >= 15 is 0 Å². The number of carbonyl (C=O) groups is 2. The minimum absolute atomic E-state index is 0.180.